The Bertz CT molecular complexity index is 149. The number of nitrogens with zero attached hydrogens (tertiary/aromatic N) is 1. The van der Waals surface area contributed by atoms with Crippen LogP contribution in [0.25, 0.3) is 0 Å². The van der Waals surface area contributed by atoms with Gasteiger partial charge in [-0.15, -0.1) is 0 Å². The molecule has 0 spiro atoms. The standard InChI is InChI=1S/C6H9NO2/c1-4-7-5(2)6(8)9-3/h4H,1H2,2-3H3/b7-5+. The molecule has 0 aliphatic rings. The van der Waals surface area contributed by atoms with Crippen molar-refractivity contribution < 1.29 is 9.53 Å². The minimum atomic E-state index is -0.421. The first-order chi connectivity index (χ1) is 4.22. The highest BCUT2D eigenvalue weighted by Gasteiger charge is 2.01. The van der Waals surface area contributed by atoms with Gasteiger partial charge in [0, 0.05) is 6.20 Å². The highest BCUT2D eigenvalue weighted by atomic mass is 16.5. The second-order valence-electron chi connectivity index (χ2n) is 1.39. The molecule has 0 aromatic carbocycles. The third-order valence-corrected chi connectivity index (χ3v) is 0.766. The summed E-state index contributed by atoms with van der Waals surface area (Å²) in [4.78, 5) is 14.1. The molecule has 0 aromatic heterocycles. The molecule has 0 rings (SSSR count). The summed E-state index contributed by atoms with van der Waals surface area (Å²) in [6.07, 6.45) is 1.30. The second kappa shape index (κ2) is 3.83. The van der Waals surface area contributed by atoms with Gasteiger partial charge in [0.25, 0.3) is 0 Å². The Hall–Kier alpha value is -1.12. The molecule has 0 N–H and O–H groups in total. The maximum atomic E-state index is 10.5. The van der Waals surface area contributed by atoms with Crippen LogP contribution in [0, 0.1) is 0 Å². The largest absolute Gasteiger partial charge is 0.465 e. The predicted octanol–water partition coefficient (Wildman–Crippen LogP) is 0.764. The highest BCUT2D eigenvalue weighted by molar-refractivity contribution is 6.35. The molecule has 0 aliphatic carbocycles. The summed E-state index contributed by atoms with van der Waals surface area (Å²) in [6, 6.07) is 0. The molecule has 3 heteroatoms. The molecule has 0 aliphatic heterocycles. The summed E-state index contributed by atoms with van der Waals surface area (Å²) in [7, 11) is 1.31. The molecule has 0 amide bonds. The van der Waals surface area contributed by atoms with Crippen LogP contribution in [0.15, 0.2) is 17.8 Å². The minimum absolute atomic E-state index is 0.313. The van der Waals surface area contributed by atoms with E-state index < -0.39 is 5.97 Å². The van der Waals surface area contributed by atoms with Crippen molar-refractivity contribution in [2.45, 2.75) is 6.92 Å². The quantitative estimate of drug-likeness (QED) is 0.406. The Morgan fingerprint density at radius 3 is 2.67 bits per heavy atom. The first-order valence-electron chi connectivity index (χ1n) is 2.46. The fourth-order valence-corrected chi connectivity index (χ4v) is 0.337. The molecule has 0 fully saturated rings. The zero-order valence-corrected chi connectivity index (χ0v) is 5.55. The van der Waals surface area contributed by atoms with Crippen LogP contribution in [0.4, 0.5) is 0 Å². The molecule has 9 heavy (non-hydrogen) atoms. The number of hydrogen-bond donors (Lipinski definition) is 0. The molecule has 0 saturated carbocycles. The van der Waals surface area contributed by atoms with Crippen molar-refractivity contribution in [1.29, 1.82) is 0 Å². The average Bonchev–Trinajstić information content (AvgIpc) is 1.87. The lowest BCUT2D eigenvalue weighted by atomic mass is 10.4. The van der Waals surface area contributed by atoms with E-state index in [0.29, 0.717) is 5.71 Å². The Kier molecular flexibility index (Phi) is 3.35. The van der Waals surface area contributed by atoms with E-state index in [0.717, 1.165) is 0 Å². The van der Waals surface area contributed by atoms with Crippen molar-refractivity contribution in [3.8, 4) is 0 Å². The maximum absolute atomic E-state index is 10.5. The molecule has 0 aromatic rings. The van der Waals surface area contributed by atoms with Crippen LogP contribution in [0.1, 0.15) is 6.92 Å². The van der Waals surface area contributed by atoms with Gasteiger partial charge in [-0.25, -0.2) is 4.79 Å². The lowest BCUT2D eigenvalue weighted by molar-refractivity contribution is -0.132. The molecule has 0 heterocycles. The summed E-state index contributed by atoms with van der Waals surface area (Å²) in [6.45, 7) is 4.89. The van der Waals surface area contributed by atoms with Crippen LogP contribution in [-0.2, 0) is 9.53 Å². The fraction of sp³-hybridized carbons (Fsp3) is 0.333. The molecule has 0 atom stereocenters. The number of esters is 1. The lowest BCUT2D eigenvalue weighted by Crippen LogP contribution is -2.10. The van der Waals surface area contributed by atoms with Crippen molar-refractivity contribution in [3.05, 3.63) is 12.8 Å². The molecular formula is C6H9NO2. The van der Waals surface area contributed by atoms with Crippen LogP contribution in [0.2, 0.25) is 0 Å². The Morgan fingerprint density at radius 1 is 1.78 bits per heavy atom. The van der Waals surface area contributed by atoms with Gasteiger partial charge in [-0.1, -0.05) is 6.58 Å². The van der Waals surface area contributed by atoms with E-state index in [1.807, 2.05) is 0 Å². The van der Waals surface area contributed by atoms with Crippen LogP contribution in [0.5, 0.6) is 0 Å². The van der Waals surface area contributed by atoms with Crippen molar-refractivity contribution in [2.75, 3.05) is 7.11 Å². The van der Waals surface area contributed by atoms with Gasteiger partial charge in [0.15, 0.2) is 0 Å². The van der Waals surface area contributed by atoms with Crippen LogP contribution in [-0.4, -0.2) is 18.8 Å². The predicted molar refractivity (Wildman–Crippen MR) is 35.3 cm³/mol. The summed E-state index contributed by atoms with van der Waals surface area (Å²) in [5.41, 5.74) is 0.313. The highest BCUT2D eigenvalue weighted by Crippen LogP contribution is 1.81. The van der Waals surface area contributed by atoms with Crippen LogP contribution >= 0.6 is 0 Å². The Labute approximate surface area is 54.0 Å². The van der Waals surface area contributed by atoms with Crippen LogP contribution in [0.3, 0.4) is 0 Å². The number of ether oxygens (including phenoxy) is 1. The molecule has 0 unspecified atom stereocenters. The first kappa shape index (κ1) is 7.88. The van der Waals surface area contributed by atoms with Crippen molar-refractivity contribution >= 4 is 11.7 Å². The minimum Gasteiger partial charge on any atom is -0.465 e. The topological polar surface area (TPSA) is 38.7 Å². The Morgan fingerprint density at radius 2 is 2.33 bits per heavy atom. The van der Waals surface area contributed by atoms with Gasteiger partial charge >= 0.3 is 5.97 Å². The molecule has 0 radical (unpaired) electrons. The number of carbonyl (C=O) groups excluding carboxylic acids is 1. The zero-order valence-electron chi connectivity index (χ0n) is 5.55. The molecule has 0 bridgehead atoms. The number of aliphatic imine (C=N–C) groups is 1. The summed E-state index contributed by atoms with van der Waals surface area (Å²) in [5, 5.41) is 0. The van der Waals surface area contributed by atoms with Crippen molar-refractivity contribution in [1.82, 2.24) is 0 Å². The van der Waals surface area contributed by atoms with Gasteiger partial charge in [-0.2, -0.15) is 0 Å². The van der Waals surface area contributed by atoms with Gasteiger partial charge in [-0.3, -0.25) is 4.99 Å². The van der Waals surface area contributed by atoms with Crippen molar-refractivity contribution in [3.63, 3.8) is 0 Å². The summed E-state index contributed by atoms with van der Waals surface area (Å²) in [5.74, 6) is -0.421. The third-order valence-electron chi connectivity index (χ3n) is 0.766. The Balaban J connectivity index is 4.01. The van der Waals surface area contributed by atoms with Gasteiger partial charge < -0.3 is 4.74 Å². The summed E-state index contributed by atoms with van der Waals surface area (Å²) >= 11 is 0. The number of hydrogen-bond acceptors (Lipinski definition) is 3. The monoisotopic (exact) mass is 127 g/mol. The van der Waals surface area contributed by atoms with E-state index in [1.165, 1.54) is 13.3 Å². The lowest BCUT2D eigenvalue weighted by Gasteiger charge is -1.93. The van der Waals surface area contributed by atoms with Crippen LogP contribution < -0.4 is 0 Å². The number of methoxy groups -OCH3 is 1. The zero-order chi connectivity index (χ0) is 7.28. The van der Waals surface area contributed by atoms with Gasteiger partial charge in [0.2, 0.25) is 0 Å². The number of carbonyl (C=O) groups is 1. The maximum Gasteiger partial charge on any atom is 0.352 e. The average molecular weight is 127 g/mol. The van der Waals surface area contributed by atoms with E-state index >= 15 is 0 Å². The smallest absolute Gasteiger partial charge is 0.352 e. The molecule has 50 valence electrons. The molecule has 0 saturated heterocycles. The van der Waals surface area contributed by atoms with Gasteiger partial charge in [0.1, 0.15) is 5.71 Å². The van der Waals surface area contributed by atoms with E-state index in [2.05, 4.69) is 16.3 Å². The SMILES string of the molecule is C=C/N=C(\C)C(=O)OC. The van der Waals surface area contributed by atoms with Gasteiger partial charge in [-0.05, 0) is 6.92 Å². The number of rotatable bonds is 2. The van der Waals surface area contributed by atoms with E-state index in [-0.39, 0.29) is 0 Å². The normalized spacial score (nSPS) is 10.7. The molecule has 3 nitrogen and oxygen atoms in total. The summed E-state index contributed by atoms with van der Waals surface area (Å²) < 4.78 is 4.35. The van der Waals surface area contributed by atoms with E-state index in [4.69, 9.17) is 0 Å². The fourth-order valence-electron chi connectivity index (χ4n) is 0.337. The van der Waals surface area contributed by atoms with E-state index in [9.17, 15) is 4.79 Å². The van der Waals surface area contributed by atoms with Crippen molar-refractivity contribution in [2.24, 2.45) is 4.99 Å². The molecular weight excluding hydrogens is 118 g/mol. The second-order valence-corrected chi connectivity index (χ2v) is 1.39. The van der Waals surface area contributed by atoms with Gasteiger partial charge in [0.05, 0.1) is 7.11 Å². The third kappa shape index (κ3) is 2.64. The first-order valence-corrected chi connectivity index (χ1v) is 2.46. The van der Waals surface area contributed by atoms with E-state index in [1.54, 1.807) is 6.92 Å².